The van der Waals surface area contributed by atoms with Crippen LogP contribution in [0.15, 0.2) is 42.6 Å². The number of hydrogen-bond acceptors (Lipinski definition) is 4. The van der Waals surface area contributed by atoms with Crippen LogP contribution in [0.2, 0.25) is 0 Å². The summed E-state index contributed by atoms with van der Waals surface area (Å²) in [5.41, 5.74) is 8.95. The van der Waals surface area contributed by atoms with Crippen molar-refractivity contribution in [2.45, 2.75) is 6.54 Å². The summed E-state index contributed by atoms with van der Waals surface area (Å²) in [5.74, 6) is 0. The van der Waals surface area contributed by atoms with Gasteiger partial charge in [0, 0.05) is 25.4 Å². The lowest BCUT2D eigenvalue weighted by Crippen LogP contribution is -2.18. The Morgan fingerprint density at radius 2 is 2.06 bits per heavy atom. The molecule has 0 bridgehead atoms. The normalized spacial score (nSPS) is 9.78. The molecule has 0 radical (unpaired) electrons. The Labute approximate surface area is 106 Å². The van der Waals surface area contributed by atoms with Gasteiger partial charge in [0.15, 0.2) is 0 Å². The van der Waals surface area contributed by atoms with Crippen LogP contribution < -0.4 is 10.6 Å². The highest BCUT2D eigenvalue weighted by Crippen LogP contribution is 2.23. The second-order valence-corrected chi connectivity index (χ2v) is 4.04. The van der Waals surface area contributed by atoms with Crippen molar-refractivity contribution in [3.63, 3.8) is 0 Å². The number of nitriles is 1. The van der Waals surface area contributed by atoms with E-state index in [2.05, 4.69) is 11.1 Å². The molecule has 4 nitrogen and oxygen atoms in total. The van der Waals surface area contributed by atoms with Gasteiger partial charge in [-0.3, -0.25) is 0 Å². The van der Waals surface area contributed by atoms with Gasteiger partial charge in [-0.1, -0.05) is 18.2 Å². The Balaban J connectivity index is 2.25. The third kappa shape index (κ3) is 2.41. The van der Waals surface area contributed by atoms with Gasteiger partial charge in [-0.25, -0.2) is 4.98 Å². The van der Waals surface area contributed by atoms with Crippen molar-refractivity contribution >= 4 is 11.4 Å². The lowest BCUT2D eigenvalue weighted by atomic mass is 10.1. The molecular formula is C14H14N4. The Kier molecular flexibility index (Phi) is 3.44. The molecule has 18 heavy (non-hydrogen) atoms. The summed E-state index contributed by atoms with van der Waals surface area (Å²) in [7, 11) is 1.94. The highest BCUT2D eigenvalue weighted by molar-refractivity contribution is 5.67. The van der Waals surface area contributed by atoms with E-state index in [9.17, 15) is 0 Å². The van der Waals surface area contributed by atoms with Crippen LogP contribution in [0.1, 0.15) is 11.3 Å². The number of hydrogen-bond donors (Lipinski definition) is 1. The maximum absolute atomic E-state index is 9.00. The highest BCUT2D eigenvalue weighted by atomic mass is 15.1. The lowest BCUT2D eigenvalue weighted by Gasteiger charge is -2.21. The fourth-order valence-corrected chi connectivity index (χ4v) is 1.84. The molecule has 0 spiro atoms. The fraction of sp³-hybridized carbons (Fsp3) is 0.143. The highest BCUT2D eigenvalue weighted by Gasteiger charge is 2.08. The van der Waals surface area contributed by atoms with Crippen molar-refractivity contribution in [1.29, 1.82) is 5.26 Å². The molecule has 1 aromatic carbocycles. The summed E-state index contributed by atoms with van der Waals surface area (Å²) in [6.45, 7) is 0.602. The van der Waals surface area contributed by atoms with E-state index in [4.69, 9.17) is 11.0 Å². The molecule has 2 N–H and O–H groups in total. The molecule has 0 aliphatic carbocycles. The molecule has 0 fully saturated rings. The van der Waals surface area contributed by atoms with E-state index in [1.807, 2.05) is 48.3 Å². The van der Waals surface area contributed by atoms with Crippen LogP contribution >= 0.6 is 0 Å². The number of rotatable bonds is 3. The molecule has 90 valence electrons. The zero-order valence-electron chi connectivity index (χ0n) is 10.2. The molecule has 2 aromatic rings. The molecule has 0 aliphatic rings. The first kappa shape index (κ1) is 11.9. The minimum atomic E-state index is 0.457. The summed E-state index contributed by atoms with van der Waals surface area (Å²) in [5, 5.41) is 9.00. The van der Waals surface area contributed by atoms with Gasteiger partial charge in [0.05, 0.1) is 11.4 Å². The third-order valence-electron chi connectivity index (χ3n) is 2.75. The summed E-state index contributed by atoms with van der Waals surface area (Å²) >= 11 is 0. The monoisotopic (exact) mass is 238 g/mol. The van der Waals surface area contributed by atoms with E-state index in [0.29, 0.717) is 12.2 Å². The van der Waals surface area contributed by atoms with Crippen LogP contribution in [-0.2, 0) is 6.54 Å². The average Bonchev–Trinajstić information content (AvgIpc) is 2.39. The van der Waals surface area contributed by atoms with E-state index >= 15 is 0 Å². The molecule has 0 unspecified atom stereocenters. The molecule has 4 heteroatoms. The predicted octanol–water partition coefficient (Wildman–Crippen LogP) is 2.17. The van der Waals surface area contributed by atoms with Crippen LogP contribution in [-0.4, -0.2) is 12.0 Å². The van der Waals surface area contributed by atoms with Crippen LogP contribution in [0.25, 0.3) is 0 Å². The number of nitrogen functional groups attached to an aromatic ring is 1. The number of benzene rings is 1. The minimum Gasteiger partial charge on any atom is -0.397 e. The molecule has 2 rings (SSSR count). The number of anilines is 2. The lowest BCUT2D eigenvalue weighted by molar-refractivity contribution is 0.911. The first-order chi connectivity index (χ1) is 8.72. The second kappa shape index (κ2) is 5.19. The Hall–Kier alpha value is -2.54. The van der Waals surface area contributed by atoms with E-state index in [-0.39, 0.29) is 0 Å². The fourth-order valence-electron chi connectivity index (χ4n) is 1.84. The van der Waals surface area contributed by atoms with Gasteiger partial charge >= 0.3 is 0 Å². The van der Waals surface area contributed by atoms with Gasteiger partial charge in [-0.2, -0.15) is 5.26 Å². The number of pyridine rings is 1. The van der Waals surface area contributed by atoms with Gasteiger partial charge in [0.1, 0.15) is 11.8 Å². The molecule has 0 saturated heterocycles. The number of nitrogens with two attached hydrogens (primary N) is 1. The number of aromatic nitrogens is 1. The minimum absolute atomic E-state index is 0.457. The van der Waals surface area contributed by atoms with Gasteiger partial charge in [0.25, 0.3) is 0 Å². The molecular weight excluding hydrogens is 224 g/mol. The molecule has 1 aromatic heterocycles. The quantitative estimate of drug-likeness (QED) is 0.832. The Bertz CT molecular complexity index is 586. The van der Waals surface area contributed by atoms with Gasteiger partial charge in [-0.15, -0.1) is 0 Å². The smallest absolute Gasteiger partial charge is 0.145 e. The molecule has 0 aliphatic heterocycles. The van der Waals surface area contributed by atoms with Gasteiger partial charge in [-0.05, 0) is 18.2 Å². The van der Waals surface area contributed by atoms with Crippen molar-refractivity contribution in [3.05, 3.63) is 53.9 Å². The van der Waals surface area contributed by atoms with E-state index < -0.39 is 0 Å². The summed E-state index contributed by atoms with van der Waals surface area (Å²) in [6, 6.07) is 13.5. The molecule has 1 heterocycles. The van der Waals surface area contributed by atoms with E-state index in [1.165, 1.54) is 0 Å². The molecule has 0 saturated carbocycles. The zero-order valence-corrected chi connectivity index (χ0v) is 10.2. The van der Waals surface area contributed by atoms with Crippen LogP contribution in [0, 0.1) is 11.3 Å². The average molecular weight is 238 g/mol. The maximum atomic E-state index is 9.00. The van der Waals surface area contributed by atoms with Crippen molar-refractivity contribution in [2.75, 3.05) is 17.7 Å². The SMILES string of the molecule is CN(Cc1cccnc1C#N)c1ccccc1N. The van der Waals surface area contributed by atoms with Crippen LogP contribution in [0.5, 0.6) is 0 Å². The van der Waals surface area contributed by atoms with Gasteiger partial charge < -0.3 is 10.6 Å². The Morgan fingerprint density at radius 1 is 1.28 bits per heavy atom. The van der Waals surface area contributed by atoms with E-state index in [1.54, 1.807) is 6.20 Å². The topological polar surface area (TPSA) is 65.9 Å². The summed E-state index contributed by atoms with van der Waals surface area (Å²) in [4.78, 5) is 6.05. The summed E-state index contributed by atoms with van der Waals surface area (Å²) in [6.07, 6.45) is 1.62. The largest absolute Gasteiger partial charge is 0.397 e. The maximum Gasteiger partial charge on any atom is 0.145 e. The summed E-state index contributed by atoms with van der Waals surface area (Å²) < 4.78 is 0. The van der Waals surface area contributed by atoms with E-state index in [0.717, 1.165) is 16.9 Å². The first-order valence-electron chi connectivity index (χ1n) is 5.62. The molecule has 0 atom stereocenters. The van der Waals surface area contributed by atoms with Crippen LogP contribution in [0.4, 0.5) is 11.4 Å². The zero-order chi connectivity index (χ0) is 13.0. The van der Waals surface area contributed by atoms with Gasteiger partial charge in [0.2, 0.25) is 0 Å². The number of para-hydroxylation sites is 2. The van der Waals surface area contributed by atoms with Crippen LogP contribution in [0.3, 0.4) is 0 Å². The molecule has 0 amide bonds. The van der Waals surface area contributed by atoms with Crippen molar-refractivity contribution in [1.82, 2.24) is 4.98 Å². The predicted molar refractivity (Wildman–Crippen MR) is 71.9 cm³/mol. The first-order valence-corrected chi connectivity index (χ1v) is 5.62. The second-order valence-electron chi connectivity index (χ2n) is 4.04. The van der Waals surface area contributed by atoms with Crippen molar-refractivity contribution < 1.29 is 0 Å². The van der Waals surface area contributed by atoms with Crippen molar-refractivity contribution in [3.8, 4) is 6.07 Å². The van der Waals surface area contributed by atoms with Crippen molar-refractivity contribution in [2.24, 2.45) is 0 Å². The Morgan fingerprint density at radius 3 is 2.78 bits per heavy atom. The third-order valence-corrected chi connectivity index (χ3v) is 2.75. The standard InChI is InChI=1S/C14H14N4/c1-18(14-7-3-2-6-12(14)16)10-11-5-4-8-17-13(11)9-15/h2-8H,10,16H2,1H3. The number of nitrogens with zero attached hydrogens (tertiary/aromatic N) is 3.